The number of nitrogens with one attached hydrogen (secondary N) is 1. The van der Waals surface area contributed by atoms with Crippen molar-refractivity contribution in [1.82, 2.24) is 19.6 Å². The van der Waals surface area contributed by atoms with Gasteiger partial charge in [0.05, 0.1) is 17.8 Å². The Morgan fingerprint density at radius 2 is 1.75 bits per heavy atom. The van der Waals surface area contributed by atoms with Gasteiger partial charge < -0.3 is 10.2 Å². The van der Waals surface area contributed by atoms with Crippen LogP contribution >= 0.6 is 0 Å². The molecule has 1 aromatic carbocycles. The first-order valence-corrected chi connectivity index (χ1v) is 9.50. The SMILES string of the molecule is CC(C)n1nccc1NC(=O)[C@@H](C)N1CCN(C(=O)c2ccccc2F)CC1. The maximum absolute atomic E-state index is 13.9. The Bertz CT molecular complexity index is 843. The van der Waals surface area contributed by atoms with Crippen molar-refractivity contribution >= 4 is 17.6 Å². The Morgan fingerprint density at radius 1 is 1.07 bits per heavy atom. The molecule has 0 saturated carbocycles. The monoisotopic (exact) mass is 387 g/mol. The lowest BCUT2D eigenvalue weighted by Crippen LogP contribution is -2.54. The van der Waals surface area contributed by atoms with Gasteiger partial charge in [0.25, 0.3) is 5.91 Å². The molecule has 1 N–H and O–H groups in total. The fraction of sp³-hybridized carbons (Fsp3) is 0.450. The minimum absolute atomic E-state index is 0.0867. The Balaban J connectivity index is 1.57. The molecule has 1 saturated heterocycles. The highest BCUT2D eigenvalue weighted by molar-refractivity contribution is 5.95. The van der Waals surface area contributed by atoms with E-state index in [-0.39, 0.29) is 29.5 Å². The minimum atomic E-state index is -0.510. The first kappa shape index (κ1) is 20.0. The van der Waals surface area contributed by atoms with Gasteiger partial charge in [-0.05, 0) is 32.9 Å². The van der Waals surface area contributed by atoms with E-state index in [4.69, 9.17) is 0 Å². The zero-order chi connectivity index (χ0) is 20.3. The minimum Gasteiger partial charge on any atom is -0.336 e. The van der Waals surface area contributed by atoms with Gasteiger partial charge >= 0.3 is 0 Å². The van der Waals surface area contributed by atoms with Gasteiger partial charge in [-0.3, -0.25) is 14.5 Å². The van der Waals surface area contributed by atoms with E-state index in [0.717, 1.165) is 0 Å². The van der Waals surface area contributed by atoms with Crippen LogP contribution in [0.1, 0.15) is 37.2 Å². The van der Waals surface area contributed by atoms with Crippen LogP contribution in [-0.2, 0) is 4.79 Å². The third-order valence-electron chi connectivity index (χ3n) is 5.04. The van der Waals surface area contributed by atoms with Gasteiger partial charge in [0.1, 0.15) is 11.6 Å². The average Bonchev–Trinajstić information content (AvgIpc) is 3.16. The Hall–Kier alpha value is -2.74. The van der Waals surface area contributed by atoms with Crippen LogP contribution in [0.4, 0.5) is 10.2 Å². The number of nitrogens with zero attached hydrogens (tertiary/aromatic N) is 4. The van der Waals surface area contributed by atoms with Crippen LogP contribution in [0.2, 0.25) is 0 Å². The third kappa shape index (κ3) is 4.22. The van der Waals surface area contributed by atoms with Crippen LogP contribution in [-0.4, -0.2) is 63.6 Å². The molecule has 0 unspecified atom stereocenters. The molecule has 3 rings (SSSR count). The number of rotatable bonds is 5. The van der Waals surface area contributed by atoms with E-state index in [1.165, 1.54) is 12.1 Å². The summed E-state index contributed by atoms with van der Waals surface area (Å²) < 4.78 is 15.6. The number of halogens is 1. The smallest absolute Gasteiger partial charge is 0.256 e. The molecule has 150 valence electrons. The highest BCUT2D eigenvalue weighted by Gasteiger charge is 2.29. The Morgan fingerprint density at radius 3 is 2.39 bits per heavy atom. The zero-order valence-corrected chi connectivity index (χ0v) is 16.4. The number of benzene rings is 1. The summed E-state index contributed by atoms with van der Waals surface area (Å²) in [5.74, 6) is -0.267. The number of carbonyl (C=O) groups is 2. The van der Waals surface area contributed by atoms with Gasteiger partial charge in [-0.15, -0.1) is 0 Å². The second-order valence-electron chi connectivity index (χ2n) is 7.23. The van der Waals surface area contributed by atoms with Gasteiger partial charge in [-0.1, -0.05) is 12.1 Å². The lowest BCUT2D eigenvalue weighted by atomic mass is 10.1. The van der Waals surface area contributed by atoms with Crippen LogP contribution in [0, 0.1) is 5.82 Å². The summed E-state index contributed by atoms with van der Waals surface area (Å²) in [7, 11) is 0. The lowest BCUT2D eigenvalue weighted by Gasteiger charge is -2.37. The quantitative estimate of drug-likeness (QED) is 0.855. The normalized spacial score (nSPS) is 16.2. The van der Waals surface area contributed by atoms with Gasteiger partial charge in [-0.25, -0.2) is 9.07 Å². The second kappa shape index (κ2) is 8.52. The maximum Gasteiger partial charge on any atom is 0.256 e. The van der Waals surface area contributed by atoms with Gasteiger partial charge in [0.2, 0.25) is 5.91 Å². The van der Waals surface area contributed by atoms with Crippen molar-refractivity contribution in [2.45, 2.75) is 32.9 Å². The second-order valence-corrected chi connectivity index (χ2v) is 7.23. The Kier molecular flexibility index (Phi) is 6.08. The molecule has 8 heteroatoms. The molecule has 0 aliphatic carbocycles. The van der Waals surface area contributed by atoms with Crippen molar-refractivity contribution in [3.63, 3.8) is 0 Å². The molecule has 2 amide bonds. The molecule has 0 radical (unpaired) electrons. The number of hydrogen-bond acceptors (Lipinski definition) is 4. The Labute approximate surface area is 164 Å². The van der Waals surface area contributed by atoms with Crippen molar-refractivity contribution in [3.05, 3.63) is 47.9 Å². The summed E-state index contributed by atoms with van der Waals surface area (Å²) in [6.07, 6.45) is 1.66. The van der Waals surface area contributed by atoms with Crippen molar-refractivity contribution in [2.24, 2.45) is 0 Å². The molecule has 2 aromatic rings. The van der Waals surface area contributed by atoms with E-state index in [9.17, 15) is 14.0 Å². The molecule has 1 fully saturated rings. The summed E-state index contributed by atoms with van der Waals surface area (Å²) in [6, 6.07) is 7.58. The average molecular weight is 387 g/mol. The number of piperazine rings is 1. The standard InChI is InChI=1S/C20H26FN5O2/c1-14(2)26-18(8-9-22-26)23-19(27)15(3)24-10-12-25(13-11-24)20(28)16-6-4-5-7-17(16)21/h4-9,14-15H,10-13H2,1-3H3,(H,23,27)/t15-/m1/s1. The molecular formula is C20H26FN5O2. The third-order valence-corrected chi connectivity index (χ3v) is 5.04. The van der Waals surface area contributed by atoms with E-state index in [1.807, 2.05) is 25.7 Å². The molecular weight excluding hydrogens is 361 g/mol. The van der Waals surface area contributed by atoms with Crippen LogP contribution in [0.25, 0.3) is 0 Å². The van der Waals surface area contributed by atoms with E-state index in [2.05, 4.69) is 10.4 Å². The summed E-state index contributed by atoms with van der Waals surface area (Å²) in [5.41, 5.74) is 0.0867. The highest BCUT2D eigenvalue weighted by Crippen LogP contribution is 2.16. The van der Waals surface area contributed by atoms with E-state index in [0.29, 0.717) is 32.0 Å². The number of hydrogen-bond donors (Lipinski definition) is 1. The number of amides is 2. The number of carbonyl (C=O) groups excluding carboxylic acids is 2. The van der Waals surface area contributed by atoms with E-state index >= 15 is 0 Å². The first-order valence-electron chi connectivity index (χ1n) is 9.50. The highest BCUT2D eigenvalue weighted by atomic mass is 19.1. The summed E-state index contributed by atoms with van der Waals surface area (Å²) in [4.78, 5) is 28.8. The van der Waals surface area contributed by atoms with Crippen molar-refractivity contribution in [2.75, 3.05) is 31.5 Å². The van der Waals surface area contributed by atoms with Gasteiger partial charge in [0, 0.05) is 38.3 Å². The lowest BCUT2D eigenvalue weighted by molar-refractivity contribution is -0.121. The predicted molar refractivity (Wildman–Crippen MR) is 105 cm³/mol. The molecule has 0 bridgehead atoms. The van der Waals surface area contributed by atoms with Crippen molar-refractivity contribution < 1.29 is 14.0 Å². The fourth-order valence-electron chi connectivity index (χ4n) is 3.34. The largest absolute Gasteiger partial charge is 0.336 e. The number of aromatic nitrogens is 2. The molecule has 28 heavy (non-hydrogen) atoms. The topological polar surface area (TPSA) is 70.5 Å². The molecule has 1 atom stereocenters. The number of anilines is 1. The van der Waals surface area contributed by atoms with Gasteiger partial charge in [-0.2, -0.15) is 5.10 Å². The molecule has 2 heterocycles. The van der Waals surface area contributed by atoms with Crippen LogP contribution in [0.3, 0.4) is 0 Å². The summed E-state index contributed by atoms with van der Waals surface area (Å²) >= 11 is 0. The zero-order valence-electron chi connectivity index (χ0n) is 16.4. The molecule has 7 nitrogen and oxygen atoms in total. The summed E-state index contributed by atoms with van der Waals surface area (Å²) in [6.45, 7) is 7.86. The first-order chi connectivity index (χ1) is 13.4. The predicted octanol–water partition coefficient (Wildman–Crippen LogP) is 2.39. The summed E-state index contributed by atoms with van der Waals surface area (Å²) in [5, 5.41) is 7.15. The van der Waals surface area contributed by atoms with Crippen molar-refractivity contribution in [3.8, 4) is 0 Å². The van der Waals surface area contributed by atoms with Crippen LogP contribution < -0.4 is 5.32 Å². The van der Waals surface area contributed by atoms with Crippen molar-refractivity contribution in [1.29, 1.82) is 0 Å². The van der Waals surface area contributed by atoms with Crippen LogP contribution in [0.5, 0.6) is 0 Å². The molecule has 0 spiro atoms. The van der Waals surface area contributed by atoms with E-state index in [1.54, 1.807) is 34.0 Å². The van der Waals surface area contributed by atoms with E-state index < -0.39 is 5.82 Å². The maximum atomic E-state index is 13.9. The van der Waals surface area contributed by atoms with Crippen LogP contribution in [0.15, 0.2) is 36.5 Å². The fourth-order valence-corrected chi connectivity index (χ4v) is 3.34. The molecule has 1 aliphatic heterocycles. The van der Waals surface area contributed by atoms with Gasteiger partial charge in [0.15, 0.2) is 0 Å². The molecule has 1 aromatic heterocycles. The molecule has 1 aliphatic rings.